The number of alkyl halides is 3. The van der Waals surface area contributed by atoms with Crippen LogP contribution in [0.25, 0.3) is 11.4 Å². The number of benzene rings is 4. The maximum atomic E-state index is 14.1. The van der Waals surface area contributed by atoms with Gasteiger partial charge in [0.1, 0.15) is 17.6 Å². The van der Waals surface area contributed by atoms with Crippen LogP contribution in [0.3, 0.4) is 0 Å². The molecule has 1 N–H and O–H groups in total. The summed E-state index contributed by atoms with van der Waals surface area (Å²) < 4.78 is 57.5. The van der Waals surface area contributed by atoms with E-state index < -0.39 is 23.9 Å². The summed E-state index contributed by atoms with van der Waals surface area (Å²) in [5.74, 6) is 1.57. The zero-order valence-electron chi connectivity index (χ0n) is 28.6. The second-order valence-corrected chi connectivity index (χ2v) is 13.0. The van der Waals surface area contributed by atoms with Gasteiger partial charge in [-0.1, -0.05) is 83.0 Å². The van der Waals surface area contributed by atoms with Gasteiger partial charge in [0, 0.05) is 31.0 Å². The lowest BCUT2D eigenvalue weighted by Crippen LogP contribution is -2.46. The van der Waals surface area contributed by atoms with Gasteiger partial charge in [0.15, 0.2) is 6.04 Å². The number of aryl methyl sites for hydroxylation is 2. The number of likely N-dealkylation sites (tertiary alicyclic amines) is 1. The standard InChI is InChI=1S/C40H41F3N4O4/c1-27-10-14-31(15-11-27)37-45-39(51-46-37)36(47-24-6-7-29(25-47)26-49-33-18-12-28(2)13-19-33)38(48)44-23-22-35(30-8-4-3-5-9-30)50-34-20-16-32(17-21-34)40(41,42)43/h3-5,8-21,29,35-36H,6-7,22-26H2,1-2H3,(H,44,48)/t29-,35-,36?/m1/s1. The predicted molar refractivity (Wildman–Crippen MR) is 187 cm³/mol. The fraction of sp³-hybridized carbons (Fsp3) is 0.325. The highest BCUT2D eigenvalue weighted by Gasteiger charge is 2.36. The molecule has 0 saturated carbocycles. The van der Waals surface area contributed by atoms with Crippen LogP contribution in [0.1, 0.15) is 59.6 Å². The summed E-state index contributed by atoms with van der Waals surface area (Å²) in [6.07, 6.45) is -2.80. The molecule has 8 nitrogen and oxygen atoms in total. The molecule has 2 heterocycles. The van der Waals surface area contributed by atoms with Crippen molar-refractivity contribution in [2.75, 3.05) is 26.2 Å². The molecule has 3 atom stereocenters. The highest BCUT2D eigenvalue weighted by atomic mass is 19.4. The molecule has 1 amide bonds. The first-order chi connectivity index (χ1) is 24.6. The third-order valence-electron chi connectivity index (χ3n) is 8.99. The van der Waals surface area contributed by atoms with Crippen molar-refractivity contribution in [1.82, 2.24) is 20.4 Å². The number of amides is 1. The van der Waals surface area contributed by atoms with E-state index in [9.17, 15) is 18.0 Å². The summed E-state index contributed by atoms with van der Waals surface area (Å²) in [5, 5.41) is 7.28. The van der Waals surface area contributed by atoms with Crippen molar-refractivity contribution < 1.29 is 32.0 Å². The first-order valence-corrected chi connectivity index (χ1v) is 17.1. The highest BCUT2D eigenvalue weighted by molar-refractivity contribution is 5.82. The second kappa shape index (κ2) is 16.2. The first kappa shape index (κ1) is 35.7. The Morgan fingerprint density at radius 1 is 0.922 bits per heavy atom. The van der Waals surface area contributed by atoms with Gasteiger partial charge in [-0.2, -0.15) is 18.2 Å². The fourth-order valence-corrected chi connectivity index (χ4v) is 6.19. The summed E-state index contributed by atoms with van der Waals surface area (Å²) in [6.45, 7) is 6.01. The van der Waals surface area contributed by atoms with Gasteiger partial charge in [-0.3, -0.25) is 9.69 Å². The number of carbonyl (C=O) groups is 1. The Kier molecular flexibility index (Phi) is 11.4. The van der Waals surface area contributed by atoms with Crippen LogP contribution in [0, 0.1) is 19.8 Å². The summed E-state index contributed by atoms with van der Waals surface area (Å²) in [4.78, 5) is 20.9. The summed E-state index contributed by atoms with van der Waals surface area (Å²) >= 11 is 0. The average Bonchev–Trinajstić information content (AvgIpc) is 3.61. The second-order valence-electron chi connectivity index (χ2n) is 13.0. The fourth-order valence-electron chi connectivity index (χ4n) is 6.19. The van der Waals surface area contributed by atoms with E-state index in [1.165, 1.54) is 12.1 Å². The lowest BCUT2D eigenvalue weighted by atomic mass is 9.97. The van der Waals surface area contributed by atoms with Gasteiger partial charge in [0.05, 0.1) is 12.2 Å². The van der Waals surface area contributed by atoms with Crippen molar-refractivity contribution in [3.63, 3.8) is 0 Å². The minimum Gasteiger partial charge on any atom is -0.493 e. The Hall–Kier alpha value is -5.16. The minimum atomic E-state index is -4.44. The van der Waals surface area contributed by atoms with Crippen LogP contribution in [0.5, 0.6) is 11.5 Å². The molecule has 1 fully saturated rings. The summed E-state index contributed by atoms with van der Waals surface area (Å²) in [5.41, 5.74) is 3.12. The molecule has 5 aromatic rings. The van der Waals surface area contributed by atoms with E-state index in [1.54, 1.807) is 0 Å². The summed E-state index contributed by atoms with van der Waals surface area (Å²) in [6, 6.07) is 28.9. The Morgan fingerprint density at radius 2 is 1.59 bits per heavy atom. The van der Waals surface area contributed by atoms with Crippen LogP contribution in [0.15, 0.2) is 108 Å². The minimum absolute atomic E-state index is 0.175. The van der Waals surface area contributed by atoms with Gasteiger partial charge in [0.2, 0.25) is 11.7 Å². The monoisotopic (exact) mass is 698 g/mol. The van der Waals surface area contributed by atoms with Crippen LogP contribution in [0.4, 0.5) is 13.2 Å². The molecule has 0 bridgehead atoms. The smallest absolute Gasteiger partial charge is 0.416 e. The molecule has 6 rings (SSSR count). The van der Waals surface area contributed by atoms with Gasteiger partial charge in [-0.15, -0.1) is 0 Å². The zero-order valence-corrected chi connectivity index (χ0v) is 28.6. The van der Waals surface area contributed by atoms with E-state index in [-0.39, 0.29) is 24.3 Å². The molecule has 1 unspecified atom stereocenters. The number of halogens is 3. The van der Waals surface area contributed by atoms with Crippen LogP contribution < -0.4 is 14.8 Å². The molecule has 1 aliphatic rings. The number of carbonyl (C=O) groups excluding carboxylic acids is 1. The van der Waals surface area contributed by atoms with Gasteiger partial charge in [-0.05, 0) is 75.2 Å². The van der Waals surface area contributed by atoms with Crippen molar-refractivity contribution in [2.24, 2.45) is 5.92 Å². The number of hydrogen-bond acceptors (Lipinski definition) is 7. The van der Waals surface area contributed by atoms with Crippen LogP contribution in [-0.2, 0) is 11.0 Å². The number of nitrogens with zero attached hydrogens (tertiary/aromatic N) is 3. The van der Waals surface area contributed by atoms with E-state index in [4.69, 9.17) is 14.0 Å². The van der Waals surface area contributed by atoms with Crippen molar-refractivity contribution in [2.45, 2.75) is 51.4 Å². The molecule has 1 aliphatic heterocycles. The lowest BCUT2D eigenvalue weighted by molar-refractivity contribution is -0.137. The third kappa shape index (κ3) is 9.55. The topological polar surface area (TPSA) is 89.7 Å². The molecule has 1 saturated heterocycles. The van der Waals surface area contributed by atoms with Crippen LogP contribution >= 0.6 is 0 Å². The van der Waals surface area contributed by atoms with Crippen LogP contribution in [0.2, 0.25) is 0 Å². The van der Waals surface area contributed by atoms with Gasteiger partial charge in [0.25, 0.3) is 5.89 Å². The SMILES string of the molecule is Cc1ccc(OC[C@@H]2CCCN(C(C(=O)NCC[C@@H](Oc3ccc(C(F)(F)F)cc3)c3ccccc3)c3nc(-c4ccc(C)cc4)no3)C2)cc1. The largest absolute Gasteiger partial charge is 0.493 e. The van der Waals surface area contributed by atoms with E-state index in [0.717, 1.165) is 53.0 Å². The Balaban J connectivity index is 1.17. The number of piperidine rings is 1. The Labute approximate surface area is 295 Å². The van der Waals surface area contributed by atoms with E-state index in [2.05, 4.69) is 20.4 Å². The average molecular weight is 699 g/mol. The lowest BCUT2D eigenvalue weighted by Gasteiger charge is -2.36. The van der Waals surface area contributed by atoms with Gasteiger partial charge < -0.3 is 19.3 Å². The van der Waals surface area contributed by atoms with Crippen LogP contribution in [-0.4, -0.2) is 47.2 Å². The Bertz CT molecular complexity index is 1850. The first-order valence-electron chi connectivity index (χ1n) is 17.1. The number of nitrogens with one attached hydrogen (secondary N) is 1. The van der Waals surface area contributed by atoms with Crippen molar-refractivity contribution >= 4 is 5.91 Å². The molecule has 1 aromatic heterocycles. The zero-order chi connectivity index (χ0) is 35.8. The molecule has 0 aliphatic carbocycles. The molecule has 11 heteroatoms. The maximum Gasteiger partial charge on any atom is 0.416 e. The molecule has 0 spiro atoms. The van der Waals surface area contributed by atoms with Crippen molar-refractivity contribution in [1.29, 1.82) is 0 Å². The molecular formula is C40H41F3N4O4. The van der Waals surface area contributed by atoms with E-state index >= 15 is 0 Å². The normalized spacial score (nSPS) is 16.3. The molecule has 0 radical (unpaired) electrons. The molecule has 266 valence electrons. The van der Waals surface area contributed by atoms with Gasteiger partial charge in [-0.25, -0.2) is 0 Å². The number of aromatic nitrogens is 2. The molecule has 4 aromatic carbocycles. The highest BCUT2D eigenvalue weighted by Crippen LogP contribution is 2.33. The van der Waals surface area contributed by atoms with Crippen molar-refractivity contribution in [3.05, 3.63) is 131 Å². The van der Waals surface area contributed by atoms with E-state index in [0.29, 0.717) is 37.7 Å². The van der Waals surface area contributed by atoms with Gasteiger partial charge >= 0.3 is 6.18 Å². The third-order valence-corrected chi connectivity index (χ3v) is 8.99. The quantitative estimate of drug-likeness (QED) is 0.132. The number of ether oxygens (including phenoxy) is 2. The summed E-state index contributed by atoms with van der Waals surface area (Å²) in [7, 11) is 0. The predicted octanol–water partition coefficient (Wildman–Crippen LogP) is 8.53. The van der Waals surface area contributed by atoms with Crippen molar-refractivity contribution in [3.8, 4) is 22.9 Å². The maximum absolute atomic E-state index is 14.1. The molecular weight excluding hydrogens is 657 g/mol. The van der Waals surface area contributed by atoms with E-state index in [1.807, 2.05) is 92.7 Å². The number of rotatable bonds is 13. The Morgan fingerprint density at radius 3 is 2.27 bits per heavy atom. The number of hydrogen-bond donors (Lipinski definition) is 1. The molecule has 51 heavy (non-hydrogen) atoms.